The standard InChI is InChI=1S/C11H7ClO2/c12-10-6-8(11(13)14)5-7-3-1-2-4-9(7)10/h1-6H,(H,13,14). The van der Waals surface area contributed by atoms with Crippen molar-refractivity contribution >= 4 is 28.3 Å². The fourth-order valence-electron chi connectivity index (χ4n) is 1.39. The second-order valence-electron chi connectivity index (χ2n) is 2.98. The average Bonchev–Trinajstić information content (AvgIpc) is 2.17. The number of aromatic carboxylic acids is 1. The molecule has 0 spiro atoms. The number of rotatable bonds is 1. The number of carboxylic acid groups (broad SMARTS) is 1. The van der Waals surface area contributed by atoms with Gasteiger partial charge >= 0.3 is 5.97 Å². The number of halogens is 1. The van der Waals surface area contributed by atoms with Gasteiger partial charge in [0.05, 0.1) is 5.56 Å². The zero-order chi connectivity index (χ0) is 10.1. The van der Waals surface area contributed by atoms with Gasteiger partial charge in [0.15, 0.2) is 0 Å². The molecule has 0 saturated heterocycles. The molecule has 0 radical (unpaired) electrons. The highest BCUT2D eigenvalue weighted by Gasteiger charge is 2.06. The molecule has 1 N–H and O–H groups in total. The van der Waals surface area contributed by atoms with Gasteiger partial charge in [-0.2, -0.15) is 0 Å². The Morgan fingerprint density at radius 3 is 2.64 bits per heavy atom. The molecule has 0 saturated carbocycles. The van der Waals surface area contributed by atoms with E-state index in [4.69, 9.17) is 16.7 Å². The van der Waals surface area contributed by atoms with Gasteiger partial charge in [0, 0.05) is 10.4 Å². The third kappa shape index (κ3) is 1.44. The van der Waals surface area contributed by atoms with Crippen molar-refractivity contribution in [2.24, 2.45) is 0 Å². The third-order valence-corrected chi connectivity index (χ3v) is 2.37. The summed E-state index contributed by atoms with van der Waals surface area (Å²) in [6.45, 7) is 0. The summed E-state index contributed by atoms with van der Waals surface area (Å²) in [4.78, 5) is 10.7. The first kappa shape index (κ1) is 9.03. The molecule has 0 fully saturated rings. The van der Waals surface area contributed by atoms with Crippen LogP contribution in [-0.2, 0) is 0 Å². The molecule has 70 valence electrons. The first-order chi connectivity index (χ1) is 6.68. The van der Waals surface area contributed by atoms with Gasteiger partial charge in [-0.25, -0.2) is 4.79 Å². The zero-order valence-corrected chi connectivity index (χ0v) is 7.95. The zero-order valence-electron chi connectivity index (χ0n) is 7.20. The first-order valence-electron chi connectivity index (χ1n) is 4.10. The number of carbonyl (C=O) groups is 1. The molecule has 2 rings (SSSR count). The summed E-state index contributed by atoms with van der Waals surface area (Å²) < 4.78 is 0. The van der Waals surface area contributed by atoms with E-state index >= 15 is 0 Å². The molecule has 14 heavy (non-hydrogen) atoms. The summed E-state index contributed by atoms with van der Waals surface area (Å²) in [7, 11) is 0. The monoisotopic (exact) mass is 206 g/mol. The van der Waals surface area contributed by atoms with E-state index in [1.54, 1.807) is 6.07 Å². The second-order valence-corrected chi connectivity index (χ2v) is 3.39. The maximum Gasteiger partial charge on any atom is 0.335 e. The van der Waals surface area contributed by atoms with Gasteiger partial charge in [0.2, 0.25) is 0 Å². The molecule has 0 aromatic heterocycles. The Hall–Kier alpha value is -1.54. The molecular formula is C11H7ClO2. The Kier molecular flexibility index (Phi) is 2.14. The van der Waals surface area contributed by atoms with Crippen molar-refractivity contribution in [1.29, 1.82) is 0 Å². The van der Waals surface area contributed by atoms with E-state index in [9.17, 15) is 4.79 Å². The van der Waals surface area contributed by atoms with Crippen LogP contribution in [0.5, 0.6) is 0 Å². The van der Waals surface area contributed by atoms with Crippen LogP contribution in [0.1, 0.15) is 10.4 Å². The lowest BCUT2D eigenvalue weighted by Crippen LogP contribution is -1.95. The maximum absolute atomic E-state index is 10.7. The number of hydrogen-bond acceptors (Lipinski definition) is 1. The van der Waals surface area contributed by atoms with Gasteiger partial charge in [-0.3, -0.25) is 0 Å². The van der Waals surface area contributed by atoms with E-state index in [1.165, 1.54) is 6.07 Å². The summed E-state index contributed by atoms with van der Waals surface area (Å²) in [5.41, 5.74) is 0.216. The number of fused-ring (bicyclic) bond motifs is 1. The summed E-state index contributed by atoms with van der Waals surface area (Å²) >= 11 is 5.94. The van der Waals surface area contributed by atoms with Crippen molar-refractivity contribution in [3.8, 4) is 0 Å². The van der Waals surface area contributed by atoms with Gasteiger partial charge in [-0.15, -0.1) is 0 Å². The lowest BCUT2D eigenvalue weighted by Gasteiger charge is -2.01. The van der Waals surface area contributed by atoms with Crippen LogP contribution in [0, 0.1) is 0 Å². The highest BCUT2D eigenvalue weighted by atomic mass is 35.5. The normalized spacial score (nSPS) is 10.4. The quantitative estimate of drug-likeness (QED) is 0.778. The summed E-state index contributed by atoms with van der Waals surface area (Å²) in [5, 5.41) is 11.0. The lowest BCUT2D eigenvalue weighted by atomic mass is 10.1. The van der Waals surface area contributed by atoms with Crippen molar-refractivity contribution in [3.05, 3.63) is 47.0 Å². The van der Waals surface area contributed by atoms with Crippen molar-refractivity contribution in [2.75, 3.05) is 0 Å². The van der Waals surface area contributed by atoms with Crippen LogP contribution in [0.3, 0.4) is 0 Å². The Morgan fingerprint density at radius 2 is 1.93 bits per heavy atom. The molecule has 0 atom stereocenters. The smallest absolute Gasteiger partial charge is 0.335 e. The van der Waals surface area contributed by atoms with Crippen molar-refractivity contribution in [2.45, 2.75) is 0 Å². The van der Waals surface area contributed by atoms with Gasteiger partial charge in [0.25, 0.3) is 0 Å². The Balaban J connectivity index is 2.78. The van der Waals surface area contributed by atoms with Gasteiger partial charge in [-0.05, 0) is 17.5 Å². The highest BCUT2D eigenvalue weighted by Crippen LogP contribution is 2.25. The molecule has 0 unspecified atom stereocenters. The minimum absolute atomic E-state index is 0.216. The van der Waals surface area contributed by atoms with Crippen LogP contribution in [0.25, 0.3) is 10.8 Å². The maximum atomic E-state index is 10.7. The first-order valence-corrected chi connectivity index (χ1v) is 4.48. The third-order valence-electron chi connectivity index (χ3n) is 2.06. The molecule has 0 amide bonds. The van der Waals surface area contributed by atoms with E-state index in [0.717, 1.165) is 10.8 Å². The Labute approximate surface area is 85.7 Å². The molecule has 0 aliphatic rings. The SMILES string of the molecule is O=C(O)c1cc(Cl)c2ccccc2c1. The van der Waals surface area contributed by atoms with Crippen LogP contribution >= 0.6 is 11.6 Å². The predicted octanol–water partition coefficient (Wildman–Crippen LogP) is 3.19. The fraction of sp³-hybridized carbons (Fsp3) is 0. The molecule has 3 heteroatoms. The van der Waals surface area contributed by atoms with E-state index in [2.05, 4.69) is 0 Å². The molecule has 2 aromatic rings. The minimum Gasteiger partial charge on any atom is -0.478 e. The van der Waals surface area contributed by atoms with Crippen LogP contribution in [0.4, 0.5) is 0 Å². The van der Waals surface area contributed by atoms with E-state index in [-0.39, 0.29) is 5.56 Å². The topological polar surface area (TPSA) is 37.3 Å². The largest absolute Gasteiger partial charge is 0.478 e. The minimum atomic E-state index is -0.961. The molecule has 2 nitrogen and oxygen atoms in total. The molecule has 0 aliphatic carbocycles. The number of hydrogen-bond donors (Lipinski definition) is 1. The fourth-order valence-corrected chi connectivity index (χ4v) is 1.68. The van der Waals surface area contributed by atoms with Crippen molar-refractivity contribution in [1.82, 2.24) is 0 Å². The number of carboxylic acids is 1. The van der Waals surface area contributed by atoms with Crippen LogP contribution in [0.15, 0.2) is 36.4 Å². The Morgan fingerprint density at radius 1 is 1.21 bits per heavy atom. The molecule has 0 heterocycles. The van der Waals surface area contributed by atoms with Crippen molar-refractivity contribution in [3.63, 3.8) is 0 Å². The van der Waals surface area contributed by atoms with Crippen molar-refractivity contribution < 1.29 is 9.90 Å². The van der Waals surface area contributed by atoms with Crippen LogP contribution < -0.4 is 0 Å². The predicted molar refractivity (Wildman–Crippen MR) is 55.9 cm³/mol. The summed E-state index contributed by atoms with van der Waals surface area (Å²) in [6, 6.07) is 10.5. The molecule has 0 aliphatic heterocycles. The molecule has 2 aromatic carbocycles. The molecule has 0 bridgehead atoms. The van der Waals surface area contributed by atoms with E-state index in [0.29, 0.717) is 5.02 Å². The second kappa shape index (κ2) is 3.31. The summed E-state index contributed by atoms with van der Waals surface area (Å²) in [6.07, 6.45) is 0. The molecular weight excluding hydrogens is 200 g/mol. The summed E-state index contributed by atoms with van der Waals surface area (Å²) in [5.74, 6) is -0.961. The van der Waals surface area contributed by atoms with Crippen LogP contribution in [0.2, 0.25) is 5.02 Å². The Bertz CT molecular complexity index is 506. The van der Waals surface area contributed by atoms with E-state index < -0.39 is 5.97 Å². The highest BCUT2D eigenvalue weighted by molar-refractivity contribution is 6.36. The van der Waals surface area contributed by atoms with Gasteiger partial charge in [-0.1, -0.05) is 35.9 Å². The lowest BCUT2D eigenvalue weighted by molar-refractivity contribution is 0.0697. The number of benzene rings is 2. The van der Waals surface area contributed by atoms with Gasteiger partial charge < -0.3 is 5.11 Å². The average molecular weight is 207 g/mol. The van der Waals surface area contributed by atoms with Crippen LogP contribution in [-0.4, -0.2) is 11.1 Å². The van der Waals surface area contributed by atoms with Gasteiger partial charge in [0.1, 0.15) is 0 Å². The van der Waals surface area contributed by atoms with E-state index in [1.807, 2.05) is 24.3 Å².